The second kappa shape index (κ2) is 7.83. The van der Waals surface area contributed by atoms with Crippen LogP contribution in [0.25, 0.3) is 43.8 Å². The maximum atomic E-state index is 9.35. The molecule has 2 nitrogen and oxygen atoms in total. The molecule has 0 aliphatic heterocycles. The minimum atomic E-state index is -0.811. The summed E-state index contributed by atoms with van der Waals surface area (Å²) in [5.74, 6) is 0. The number of hydrogen-bond donors (Lipinski definition) is 0. The molecule has 5 aromatic rings. The minimum absolute atomic E-state index is 0. The van der Waals surface area contributed by atoms with Crippen molar-refractivity contribution in [3.63, 3.8) is 0 Å². The molecule has 4 aromatic carbocycles. The molecular formula is C29H28IrNO-. The topological polar surface area (TPSA) is 26.0 Å². The van der Waals surface area contributed by atoms with E-state index in [4.69, 9.17) is 15.4 Å². The van der Waals surface area contributed by atoms with Gasteiger partial charge >= 0.3 is 0 Å². The zero-order chi connectivity index (χ0) is 30.7. The van der Waals surface area contributed by atoms with Gasteiger partial charge in [0, 0.05) is 33.7 Å². The summed E-state index contributed by atoms with van der Waals surface area (Å²) in [6.07, 6.45) is -0.512. The smallest absolute Gasteiger partial charge is 0.171 e. The maximum Gasteiger partial charge on any atom is 0.171 e. The zero-order valence-electron chi connectivity index (χ0n) is 28.7. The van der Waals surface area contributed by atoms with Gasteiger partial charge in [-0.05, 0) is 45.9 Å². The SMILES string of the molecule is [2H]c1nc2c3[c-]c([2H])c([2H])c([2H])c3c3c([2H])c(C(C)(C)C)c([2H])c(-c4c([2H])c([2H])c(C(C)(C)C)c([2H])c4[2H])c3c2o1.[Ir]. The zero-order valence-corrected chi connectivity index (χ0v) is 21.1. The molecule has 0 saturated heterocycles. The van der Waals surface area contributed by atoms with Gasteiger partial charge in [0.15, 0.2) is 6.37 Å². The first kappa shape index (κ1) is 13.3. The molecule has 0 unspecified atom stereocenters. The van der Waals surface area contributed by atoms with Crippen molar-refractivity contribution in [2.45, 2.75) is 52.4 Å². The molecule has 5 rings (SSSR count). The molecule has 165 valence electrons. The Kier molecular flexibility index (Phi) is 3.25. The van der Waals surface area contributed by atoms with Crippen molar-refractivity contribution in [3.05, 3.63) is 77.9 Å². The van der Waals surface area contributed by atoms with Crippen molar-refractivity contribution in [1.29, 1.82) is 0 Å². The molecule has 0 N–H and O–H groups in total. The third-order valence-electron chi connectivity index (χ3n) is 5.30. The van der Waals surface area contributed by atoms with E-state index in [1.807, 2.05) is 0 Å². The number of oxazole rings is 1. The van der Waals surface area contributed by atoms with Crippen LogP contribution in [0.1, 0.15) is 66.4 Å². The van der Waals surface area contributed by atoms with Gasteiger partial charge in [0.2, 0.25) is 0 Å². The van der Waals surface area contributed by atoms with E-state index < -0.39 is 23.2 Å². The van der Waals surface area contributed by atoms with E-state index in [9.17, 15) is 2.74 Å². The summed E-state index contributed by atoms with van der Waals surface area (Å²) in [4.78, 5) is 4.15. The van der Waals surface area contributed by atoms with Crippen molar-refractivity contribution in [1.82, 2.24) is 4.98 Å². The van der Waals surface area contributed by atoms with Crippen molar-refractivity contribution < 1.29 is 38.2 Å². The molecule has 1 aromatic heterocycles. The van der Waals surface area contributed by atoms with Crippen LogP contribution in [0.15, 0.2) is 65.2 Å². The third-order valence-corrected chi connectivity index (χ3v) is 5.30. The average molecular weight is 609 g/mol. The van der Waals surface area contributed by atoms with E-state index in [0.29, 0.717) is 0 Å². The summed E-state index contributed by atoms with van der Waals surface area (Å²) < 4.78 is 93.5. The van der Waals surface area contributed by atoms with Crippen LogP contribution in [0.4, 0.5) is 0 Å². The normalized spacial score (nSPS) is 16.8. The maximum absolute atomic E-state index is 9.35. The van der Waals surface area contributed by atoms with Crippen LogP contribution >= 0.6 is 0 Å². The van der Waals surface area contributed by atoms with Gasteiger partial charge in [-0.25, -0.2) is 0 Å². The molecule has 1 radical (unpaired) electrons. The number of rotatable bonds is 1. The Balaban J connectivity index is 0.00000405. The Morgan fingerprint density at radius 1 is 0.875 bits per heavy atom. The predicted octanol–water partition coefficient (Wildman–Crippen LogP) is 8.19. The summed E-state index contributed by atoms with van der Waals surface area (Å²) in [6.45, 7) is 10.8. The second-order valence-electron chi connectivity index (χ2n) is 9.73. The summed E-state index contributed by atoms with van der Waals surface area (Å²) in [5, 5.41) is 0.275. The van der Waals surface area contributed by atoms with Gasteiger partial charge in [0.1, 0.15) is 6.95 Å². The predicted molar refractivity (Wildman–Crippen MR) is 131 cm³/mol. The largest absolute Gasteiger partial charge is 0.454 e. The molecule has 0 atom stereocenters. The fraction of sp³-hybridized carbons (Fsp3) is 0.276. The number of fused-ring (bicyclic) bond motifs is 6. The van der Waals surface area contributed by atoms with Gasteiger partial charge in [-0.1, -0.05) is 77.1 Å². The van der Waals surface area contributed by atoms with Crippen molar-refractivity contribution in [2.75, 3.05) is 0 Å². The van der Waals surface area contributed by atoms with Gasteiger partial charge in [-0.2, -0.15) is 0 Å². The van der Waals surface area contributed by atoms with E-state index in [1.165, 1.54) is 0 Å². The van der Waals surface area contributed by atoms with Gasteiger partial charge in [0.05, 0.1) is 8.22 Å². The van der Waals surface area contributed by atoms with E-state index in [0.717, 1.165) is 0 Å². The molecule has 0 saturated carbocycles. The monoisotopic (exact) mass is 609 g/mol. The van der Waals surface area contributed by atoms with Gasteiger partial charge in [-0.3, -0.25) is 4.98 Å². The van der Waals surface area contributed by atoms with Crippen LogP contribution in [0.3, 0.4) is 0 Å². The van der Waals surface area contributed by atoms with Crippen molar-refractivity contribution in [2.24, 2.45) is 0 Å². The molecule has 0 spiro atoms. The number of nitrogens with zero attached hydrogens (tertiary/aromatic N) is 1. The summed E-state index contributed by atoms with van der Waals surface area (Å²) in [6, 6.07) is -0.0174. The standard InChI is InChI=1S/C29H28NO.Ir/c1-28(2,3)19-13-11-18(12-14-19)23-15-20(29(4,5)6)16-24-21-9-7-8-10-22(21)26-27(25(23)24)31-17-30-26;/h7-9,11-17H,1-6H3;/q-1;/i7D,8D,9D,11D,12D,13D,14D,15D,16D,17D;. The van der Waals surface area contributed by atoms with Gasteiger partial charge < -0.3 is 4.42 Å². The third kappa shape index (κ3) is 3.68. The summed E-state index contributed by atoms with van der Waals surface area (Å²) in [7, 11) is 0. The van der Waals surface area contributed by atoms with Crippen LogP contribution in [0.2, 0.25) is 0 Å². The second-order valence-corrected chi connectivity index (χ2v) is 9.73. The first-order valence-corrected chi connectivity index (χ1v) is 10.1. The molecular weight excluding hydrogens is 571 g/mol. The number of aromatic nitrogens is 1. The van der Waals surface area contributed by atoms with E-state index >= 15 is 0 Å². The van der Waals surface area contributed by atoms with Crippen LogP contribution in [-0.4, -0.2) is 4.98 Å². The van der Waals surface area contributed by atoms with E-state index in [2.05, 4.69) is 11.1 Å². The first-order chi connectivity index (χ1) is 18.8. The van der Waals surface area contributed by atoms with Crippen LogP contribution in [0.5, 0.6) is 0 Å². The Labute approximate surface area is 217 Å². The Hall–Kier alpha value is -2.48. The Bertz CT molecular complexity index is 1940. The summed E-state index contributed by atoms with van der Waals surface area (Å²) in [5.41, 5.74) is -1.32. The Morgan fingerprint density at radius 2 is 1.56 bits per heavy atom. The van der Waals surface area contributed by atoms with E-state index in [-0.39, 0.29) is 123 Å². The van der Waals surface area contributed by atoms with Gasteiger partial charge in [0.25, 0.3) is 0 Å². The molecule has 0 aliphatic rings. The van der Waals surface area contributed by atoms with Crippen LogP contribution in [-0.2, 0) is 30.9 Å². The summed E-state index contributed by atoms with van der Waals surface area (Å²) >= 11 is 0. The molecule has 0 fully saturated rings. The fourth-order valence-corrected chi connectivity index (χ4v) is 3.55. The molecule has 0 bridgehead atoms. The quantitative estimate of drug-likeness (QED) is 0.142. The first-order valence-electron chi connectivity index (χ1n) is 15.1. The minimum Gasteiger partial charge on any atom is -0.454 e. The molecule has 3 heteroatoms. The van der Waals surface area contributed by atoms with Crippen LogP contribution < -0.4 is 0 Å². The molecule has 0 amide bonds. The van der Waals surface area contributed by atoms with Gasteiger partial charge in [-0.15, -0.1) is 29.6 Å². The van der Waals surface area contributed by atoms with Crippen LogP contribution in [0, 0.1) is 6.07 Å². The molecule has 0 aliphatic carbocycles. The van der Waals surface area contributed by atoms with Crippen molar-refractivity contribution in [3.8, 4) is 11.1 Å². The molecule has 1 heterocycles. The van der Waals surface area contributed by atoms with Crippen molar-refractivity contribution >= 4 is 32.6 Å². The molecule has 32 heavy (non-hydrogen) atoms. The average Bonchev–Trinajstić information content (AvgIpc) is 3.23. The van der Waals surface area contributed by atoms with E-state index in [1.54, 1.807) is 41.5 Å². The number of hydrogen-bond acceptors (Lipinski definition) is 2. The number of benzene rings is 4. The fourth-order valence-electron chi connectivity index (χ4n) is 3.55. The Morgan fingerprint density at radius 3 is 2.22 bits per heavy atom.